The first-order valence-corrected chi connectivity index (χ1v) is 9.74. The fourth-order valence-corrected chi connectivity index (χ4v) is 3.69. The van der Waals surface area contributed by atoms with Crippen LogP contribution in [0.3, 0.4) is 0 Å². The molecule has 0 radical (unpaired) electrons. The third-order valence-corrected chi connectivity index (χ3v) is 5.26. The van der Waals surface area contributed by atoms with E-state index >= 15 is 0 Å². The Hall–Kier alpha value is -3.46. The van der Waals surface area contributed by atoms with Crippen LogP contribution in [0, 0.1) is 13.8 Å². The molecule has 29 heavy (non-hydrogen) atoms. The number of aryl methyl sites for hydroxylation is 2. The Morgan fingerprint density at radius 3 is 2.21 bits per heavy atom. The van der Waals surface area contributed by atoms with Gasteiger partial charge in [-0.25, -0.2) is 4.79 Å². The quantitative estimate of drug-likeness (QED) is 0.473. The predicted octanol–water partition coefficient (Wildman–Crippen LogP) is 2.73. The minimum absolute atomic E-state index is 0.141. The summed E-state index contributed by atoms with van der Waals surface area (Å²) in [4.78, 5) is 41.9. The average Bonchev–Trinajstić information content (AvgIpc) is 3.20. The van der Waals surface area contributed by atoms with Crippen LogP contribution >= 0.6 is 11.8 Å². The summed E-state index contributed by atoms with van der Waals surface area (Å²) in [5.74, 6) is -1.51. The van der Waals surface area contributed by atoms with Gasteiger partial charge in [0.25, 0.3) is 11.8 Å². The number of hydrogen-bond acceptors (Lipinski definition) is 7. The molecule has 4 rings (SSSR count). The van der Waals surface area contributed by atoms with Crippen molar-refractivity contribution in [3.63, 3.8) is 0 Å². The van der Waals surface area contributed by atoms with E-state index < -0.39 is 17.8 Å². The van der Waals surface area contributed by atoms with Gasteiger partial charge < -0.3 is 4.84 Å². The monoisotopic (exact) mass is 408 g/mol. The van der Waals surface area contributed by atoms with Crippen LogP contribution < -0.4 is 0 Å². The molecule has 9 heteroatoms. The zero-order valence-electron chi connectivity index (χ0n) is 15.7. The van der Waals surface area contributed by atoms with Crippen molar-refractivity contribution in [2.45, 2.75) is 19.0 Å². The Labute approximate surface area is 170 Å². The lowest BCUT2D eigenvalue weighted by molar-refractivity contribution is -0.165. The van der Waals surface area contributed by atoms with Crippen LogP contribution in [0.25, 0.3) is 5.69 Å². The molecule has 0 N–H and O–H groups in total. The van der Waals surface area contributed by atoms with Gasteiger partial charge in [-0.3, -0.25) is 14.2 Å². The number of rotatable bonds is 5. The molecule has 2 heterocycles. The van der Waals surface area contributed by atoms with Gasteiger partial charge in [-0.05, 0) is 38.1 Å². The van der Waals surface area contributed by atoms with Crippen LogP contribution in [0.5, 0.6) is 0 Å². The first-order valence-electron chi connectivity index (χ1n) is 8.76. The van der Waals surface area contributed by atoms with Crippen molar-refractivity contribution in [2.75, 3.05) is 5.75 Å². The van der Waals surface area contributed by atoms with E-state index in [9.17, 15) is 14.4 Å². The van der Waals surface area contributed by atoms with Gasteiger partial charge in [-0.2, -0.15) is 0 Å². The van der Waals surface area contributed by atoms with Gasteiger partial charge in [0.15, 0.2) is 5.16 Å². The van der Waals surface area contributed by atoms with Crippen LogP contribution in [-0.2, 0) is 9.63 Å². The predicted molar refractivity (Wildman–Crippen MR) is 105 cm³/mol. The van der Waals surface area contributed by atoms with Crippen LogP contribution in [0.15, 0.2) is 53.7 Å². The molecule has 3 aromatic rings. The summed E-state index contributed by atoms with van der Waals surface area (Å²) >= 11 is 1.11. The summed E-state index contributed by atoms with van der Waals surface area (Å²) in [6.07, 6.45) is 0. The summed E-state index contributed by atoms with van der Waals surface area (Å²) in [5.41, 5.74) is 2.42. The zero-order valence-corrected chi connectivity index (χ0v) is 16.5. The van der Waals surface area contributed by atoms with Crippen molar-refractivity contribution in [3.8, 4) is 5.69 Å². The van der Waals surface area contributed by atoms with Gasteiger partial charge in [0, 0.05) is 5.69 Å². The maximum atomic E-state index is 12.3. The molecule has 0 fully saturated rings. The molecule has 1 aliphatic rings. The number of carbonyl (C=O) groups excluding carboxylic acids is 3. The molecule has 0 spiro atoms. The van der Waals surface area contributed by atoms with Gasteiger partial charge in [0.1, 0.15) is 11.6 Å². The summed E-state index contributed by atoms with van der Waals surface area (Å²) in [6.45, 7) is 3.81. The number of nitrogens with zero attached hydrogens (tertiary/aromatic N) is 4. The Bertz CT molecular complexity index is 1090. The normalized spacial score (nSPS) is 13.0. The molecule has 146 valence electrons. The van der Waals surface area contributed by atoms with E-state index in [2.05, 4.69) is 10.2 Å². The van der Waals surface area contributed by atoms with E-state index in [1.54, 1.807) is 12.1 Å². The number of benzene rings is 2. The van der Waals surface area contributed by atoms with E-state index in [-0.39, 0.29) is 16.9 Å². The molecule has 0 saturated carbocycles. The highest BCUT2D eigenvalue weighted by molar-refractivity contribution is 7.99. The standard InChI is InChI=1S/C20H16N4O4S/c1-12-7-9-14(10-8-12)23-13(2)21-22-20(23)29-11-17(25)28-24-18(26)15-5-3-4-6-16(15)19(24)27/h3-10H,11H2,1-2H3. The number of fused-ring (bicyclic) bond motifs is 1. The van der Waals surface area contributed by atoms with Crippen molar-refractivity contribution in [2.24, 2.45) is 0 Å². The second kappa shape index (κ2) is 7.51. The van der Waals surface area contributed by atoms with Gasteiger partial charge >= 0.3 is 5.97 Å². The SMILES string of the molecule is Cc1ccc(-n2c(C)nnc2SCC(=O)ON2C(=O)c3ccccc3C2=O)cc1. The number of hydroxylamine groups is 2. The first kappa shape index (κ1) is 18.9. The van der Waals surface area contributed by atoms with Crippen LogP contribution in [0.1, 0.15) is 32.1 Å². The lowest BCUT2D eigenvalue weighted by Crippen LogP contribution is -2.33. The molecular weight excluding hydrogens is 392 g/mol. The third-order valence-electron chi connectivity index (χ3n) is 4.36. The average molecular weight is 408 g/mol. The van der Waals surface area contributed by atoms with Gasteiger partial charge in [-0.15, -0.1) is 10.2 Å². The Balaban J connectivity index is 1.45. The maximum Gasteiger partial charge on any atom is 0.343 e. The summed E-state index contributed by atoms with van der Waals surface area (Å²) in [6, 6.07) is 14.1. The molecule has 1 aromatic heterocycles. The second-order valence-electron chi connectivity index (χ2n) is 6.40. The lowest BCUT2D eigenvalue weighted by Gasteiger charge is -2.12. The highest BCUT2D eigenvalue weighted by Gasteiger charge is 2.38. The fraction of sp³-hybridized carbons (Fsp3) is 0.150. The summed E-state index contributed by atoms with van der Waals surface area (Å²) in [5, 5.41) is 9.18. The molecule has 2 aromatic carbocycles. The van der Waals surface area contributed by atoms with Crippen LogP contribution in [0.2, 0.25) is 0 Å². The minimum Gasteiger partial charge on any atom is -0.329 e. The topological polar surface area (TPSA) is 94.4 Å². The van der Waals surface area contributed by atoms with Crippen LogP contribution in [-0.4, -0.2) is 43.4 Å². The maximum absolute atomic E-state index is 12.3. The number of hydrogen-bond donors (Lipinski definition) is 0. The largest absolute Gasteiger partial charge is 0.343 e. The van der Waals surface area contributed by atoms with Gasteiger partial charge in [0.05, 0.1) is 11.1 Å². The first-order chi connectivity index (χ1) is 14.0. The smallest absolute Gasteiger partial charge is 0.329 e. The van der Waals surface area contributed by atoms with E-state index in [0.717, 1.165) is 23.0 Å². The molecule has 0 saturated heterocycles. The third kappa shape index (κ3) is 3.52. The second-order valence-corrected chi connectivity index (χ2v) is 7.35. The Morgan fingerprint density at radius 2 is 1.59 bits per heavy atom. The molecule has 1 aliphatic heterocycles. The van der Waals surface area contributed by atoms with Crippen molar-refractivity contribution >= 4 is 29.5 Å². The van der Waals surface area contributed by atoms with Crippen molar-refractivity contribution in [3.05, 3.63) is 71.0 Å². The molecular formula is C20H16N4O4S. The van der Waals surface area contributed by atoms with Crippen LogP contribution in [0.4, 0.5) is 0 Å². The number of imide groups is 1. The summed E-state index contributed by atoms with van der Waals surface area (Å²) in [7, 11) is 0. The number of amides is 2. The highest BCUT2D eigenvalue weighted by atomic mass is 32.2. The molecule has 8 nitrogen and oxygen atoms in total. The number of carbonyl (C=O) groups is 3. The highest BCUT2D eigenvalue weighted by Crippen LogP contribution is 2.25. The molecule has 0 unspecified atom stereocenters. The zero-order chi connectivity index (χ0) is 20.5. The summed E-state index contributed by atoms with van der Waals surface area (Å²) < 4.78 is 1.82. The molecule has 0 atom stereocenters. The van der Waals surface area contributed by atoms with E-state index in [1.165, 1.54) is 12.1 Å². The molecule has 0 aliphatic carbocycles. The van der Waals surface area contributed by atoms with Gasteiger partial charge in [-0.1, -0.05) is 46.7 Å². The van der Waals surface area contributed by atoms with E-state index in [0.29, 0.717) is 16.0 Å². The minimum atomic E-state index is -0.736. The van der Waals surface area contributed by atoms with Crippen molar-refractivity contribution in [1.82, 2.24) is 19.8 Å². The van der Waals surface area contributed by atoms with E-state index in [4.69, 9.17) is 4.84 Å². The number of thioether (sulfide) groups is 1. The molecule has 2 amide bonds. The fourth-order valence-electron chi connectivity index (χ4n) is 2.93. The molecule has 0 bridgehead atoms. The number of aromatic nitrogens is 3. The van der Waals surface area contributed by atoms with Crippen molar-refractivity contribution in [1.29, 1.82) is 0 Å². The lowest BCUT2D eigenvalue weighted by atomic mass is 10.1. The Kier molecular flexibility index (Phi) is 4.89. The van der Waals surface area contributed by atoms with Gasteiger partial charge in [0.2, 0.25) is 0 Å². The van der Waals surface area contributed by atoms with E-state index in [1.807, 2.05) is 42.7 Å². The Morgan fingerprint density at radius 1 is 0.966 bits per heavy atom. The van der Waals surface area contributed by atoms with Crippen molar-refractivity contribution < 1.29 is 19.2 Å².